The van der Waals surface area contributed by atoms with Crippen molar-refractivity contribution >= 4 is 5.97 Å². The molecular weight excluding hydrogens is 239 g/mol. The van der Waals surface area contributed by atoms with Crippen LogP contribution in [-0.2, 0) is 6.54 Å². The van der Waals surface area contributed by atoms with E-state index in [2.05, 4.69) is 4.98 Å². The lowest BCUT2D eigenvalue weighted by atomic mass is 10.1. The summed E-state index contributed by atoms with van der Waals surface area (Å²) in [7, 11) is 0. The SMILES string of the molecule is O=C(O)c1cc(Cn2cccnc2=O)ccc1F. The molecule has 0 aliphatic carbocycles. The third-order valence-electron chi connectivity index (χ3n) is 2.40. The van der Waals surface area contributed by atoms with Crippen molar-refractivity contribution in [2.75, 3.05) is 0 Å². The zero-order valence-corrected chi connectivity index (χ0v) is 9.21. The lowest BCUT2D eigenvalue weighted by Gasteiger charge is -2.06. The molecule has 0 bridgehead atoms. The number of rotatable bonds is 3. The molecule has 0 amide bonds. The van der Waals surface area contributed by atoms with Crippen molar-refractivity contribution in [2.45, 2.75) is 6.54 Å². The fourth-order valence-corrected chi connectivity index (χ4v) is 1.54. The summed E-state index contributed by atoms with van der Waals surface area (Å²) in [6.45, 7) is 0.146. The number of aromatic nitrogens is 2. The maximum absolute atomic E-state index is 13.2. The molecule has 1 N–H and O–H groups in total. The van der Waals surface area contributed by atoms with Crippen molar-refractivity contribution in [2.24, 2.45) is 0 Å². The molecule has 6 heteroatoms. The second-order valence-corrected chi connectivity index (χ2v) is 3.65. The fraction of sp³-hybridized carbons (Fsp3) is 0.0833. The molecule has 0 spiro atoms. The maximum Gasteiger partial charge on any atom is 0.347 e. The van der Waals surface area contributed by atoms with Gasteiger partial charge in [0.25, 0.3) is 0 Å². The second kappa shape index (κ2) is 4.79. The van der Waals surface area contributed by atoms with Gasteiger partial charge in [-0.2, -0.15) is 0 Å². The molecule has 0 radical (unpaired) electrons. The Kier molecular flexibility index (Phi) is 3.18. The van der Waals surface area contributed by atoms with Gasteiger partial charge in [-0.3, -0.25) is 4.57 Å². The van der Waals surface area contributed by atoms with E-state index in [0.29, 0.717) is 5.56 Å². The van der Waals surface area contributed by atoms with Gasteiger partial charge in [-0.1, -0.05) is 6.07 Å². The van der Waals surface area contributed by atoms with Crippen LogP contribution in [0.25, 0.3) is 0 Å². The number of carbonyl (C=O) groups is 1. The van der Waals surface area contributed by atoms with Crippen LogP contribution in [0.4, 0.5) is 4.39 Å². The van der Waals surface area contributed by atoms with Crippen molar-refractivity contribution in [3.05, 3.63) is 64.1 Å². The predicted molar refractivity (Wildman–Crippen MR) is 61.0 cm³/mol. The van der Waals surface area contributed by atoms with Crippen LogP contribution in [0.15, 0.2) is 41.5 Å². The smallest absolute Gasteiger partial charge is 0.347 e. The van der Waals surface area contributed by atoms with Crippen molar-refractivity contribution in [3.63, 3.8) is 0 Å². The molecule has 0 aliphatic heterocycles. The molecule has 0 aliphatic rings. The summed E-state index contributed by atoms with van der Waals surface area (Å²) >= 11 is 0. The molecule has 92 valence electrons. The molecule has 2 rings (SSSR count). The van der Waals surface area contributed by atoms with Gasteiger partial charge in [0, 0.05) is 12.4 Å². The molecule has 18 heavy (non-hydrogen) atoms. The Balaban J connectivity index is 2.36. The molecule has 2 aromatic rings. The Morgan fingerprint density at radius 1 is 1.44 bits per heavy atom. The summed E-state index contributed by atoms with van der Waals surface area (Å²) < 4.78 is 14.5. The molecule has 0 saturated heterocycles. The third-order valence-corrected chi connectivity index (χ3v) is 2.40. The van der Waals surface area contributed by atoms with Gasteiger partial charge in [0.2, 0.25) is 0 Å². The summed E-state index contributed by atoms with van der Waals surface area (Å²) in [6, 6.07) is 5.29. The first-order valence-corrected chi connectivity index (χ1v) is 5.11. The zero-order valence-electron chi connectivity index (χ0n) is 9.21. The number of benzene rings is 1. The third kappa shape index (κ3) is 2.42. The molecule has 1 aromatic heterocycles. The lowest BCUT2D eigenvalue weighted by molar-refractivity contribution is 0.0691. The minimum absolute atomic E-state index is 0.146. The Morgan fingerprint density at radius 2 is 2.22 bits per heavy atom. The average Bonchev–Trinajstić information content (AvgIpc) is 2.34. The first-order valence-electron chi connectivity index (χ1n) is 5.11. The van der Waals surface area contributed by atoms with Crippen LogP contribution >= 0.6 is 0 Å². The molecule has 0 atom stereocenters. The van der Waals surface area contributed by atoms with Crippen molar-refractivity contribution in [3.8, 4) is 0 Å². The number of nitrogens with zero attached hydrogens (tertiary/aromatic N) is 2. The fourth-order valence-electron chi connectivity index (χ4n) is 1.54. The molecule has 0 fully saturated rings. The molecule has 1 heterocycles. The second-order valence-electron chi connectivity index (χ2n) is 3.65. The largest absolute Gasteiger partial charge is 0.478 e. The minimum Gasteiger partial charge on any atom is -0.478 e. The van der Waals surface area contributed by atoms with Crippen LogP contribution in [0.3, 0.4) is 0 Å². The summed E-state index contributed by atoms with van der Waals surface area (Å²) in [6.07, 6.45) is 2.89. The summed E-state index contributed by atoms with van der Waals surface area (Å²) in [5.41, 5.74) is -0.341. The van der Waals surface area contributed by atoms with Crippen molar-refractivity contribution in [1.29, 1.82) is 0 Å². The Hall–Kier alpha value is -2.50. The zero-order chi connectivity index (χ0) is 13.1. The highest BCUT2D eigenvalue weighted by Crippen LogP contribution is 2.11. The van der Waals surface area contributed by atoms with Gasteiger partial charge in [-0.25, -0.2) is 19.0 Å². The first-order chi connectivity index (χ1) is 8.58. The van der Waals surface area contributed by atoms with Crippen LogP contribution in [-0.4, -0.2) is 20.6 Å². The van der Waals surface area contributed by atoms with E-state index < -0.39 is 23.0 Å². The predicted octanol–water partition coefficient (Wildman–Crippen LogP) is 1.13. The monoisotopic (exact) mass is 248 g/mol. The summed E-state index contributed by atoms with van der Waals surface area (Å²) in [5, 5.41) is 8.79. The van der Waals surface area contributed by atoms with Crippen LogP contribution in [0.1, 0.15) is 15.9 Å². The molecule has 0 saturated carbocycles. The van der Waals surface area contributed by atoms with Gasteiger partial charge in [-0.05, 0) is 23.8 Å². The Morgan fingerprint density at radius 3 is 2.89 bits per heavy atom. The molecule has 1 aromatic carbocycles. The molecular formula is C12H9FN2O3. The lowest BCUT2D eigenvalue weighted by Crippen LogP contribution is -2.22. The van der Waals surface area contributed by atoms with E-state index in [9.17, 15) is 14.0 Å². The summed E-state index contributed by atoms with van der Waals surface area (Å²) in [4.78, 5) is 25.7. The highest BCUT2D eigenvalue weighted by molar-refractivity contribution is 5.88. The number of hydrogen-bond acceptors (Lipinski definition) is 3. The number of halogens is 1. The molecule has 0 unspecified atom stereocenters. The van der Waals surface area contributed by atoms with Crippen molar-refractivity contribution in [1.82, 2.24) is 9.55 Å². The minimum atomic E-state index is -1.34. The number of carboxylic acids is 1. The van der Waals surface area contributed by atoms with Crippen LogP contribution in [0, 0.1) is 5.82 Å². The number of aromatic carboxylic acids is 1. The number of carboxylic acid groups (broad SMARTS) is 1. The van der Waals surface area contributed by atoms with E-state index in [-0.39, 0.29) is 6.54 Å². The quantitative estimate of drug-likeness (QED) is 0.883. The number of hydrogen-bond donors (Lipinski definition) is 1. The Labute approximate surface area is 101 Å². The van der Waals surface area contributed by atoms with E-state index in [4.69, 9.17) is 5.11 Å². The van der Waals surface area contributed by atoms with Crippen LogP contribution in [0.2, 0.25) is 0 Å². The maximum atomic E-state index is 13.2. The van der Waals surface area contributed by atoms with Crippen molar-refractivity contribution < 1.29 is 14.3 Å². The van der Waals surface area contributed by atoms with Gasteiger partial charge in [0.1, 0.15) is 5.82 Å². The van der Waals surface area contributed by atoms with Gasteiger partial charge in [-0.15, -0.1) is 0 Å². The standard InChI is InChI=1S/C12H9FN2O3/c13-10-3-2-8(6-9(10)11(16)17)7-15-5-1-4-14-12(15)18/h1-6H,7H2,(H,16,17). The van der Waals surface area contributed by atoms with Gasteiger partial charge < -0.3 is 5.11 Å². The van der Waals surface area contributed by atoms with E-state index in [0.717, 1.165) is 6.07 Å². The highest BCUT2D eigenvalue weighted by Gasteiger charge is 2.11. The highest BCUT2D eigenvalue weighted by atomic mass is 19.1. The van der Waals surface area contributed by atoms with E-state index >= 15 is 0 Å². The van der Waals surface area contributed by atoms with E-state index in [1.165, 1.54) is 29.1 Å². The summed E-state index contributed by atoms with van der Waals surface area (Å²) in [5.74, 6) is -2.14. The van der Waals surface area contributed by atoms with Gasteiger partial charge >= 0.3 is 11.7 Å². The average molecular weight is 248 g/mol. The topological polar surface area (TPSA) is 72.2 Å². The van der Waals surface area contributed by atoms with Crippen LogP contribution < -0.4 is 5.69 Å². The normalized spacial score (nSPS) is 10.3. The van der Waals surface area contributed by atoms with Crippen LogP contribution in [0.5, 0.6) is 0 Å². The van der Waals surface area contributed by atoms with E-state index in [1.54, 1.807) is 6.07 Å². The van der Waals surface area contributed by atoms with Gasteiger partial charge in [0.05, 0.1) is 12.1 Å². The first kappa shape index (κ1) is 12.0. The van der Waals surface area contributed by atoms with E-state index in [1.807, 2.05) is 0 Å². The van der Waals surface area contributed by atoms with Gasteiger partial charge in [0.15, 0.2) is 0 Å². The molecule has 5 nitrogen and oxygen atoms in total. The Bertz CT molecular complexity index is 652.